The van der Waals surface area contributed by atoms with Crippen LogP contribution in [0.1, 0.15) is 36.2 Å². The Kier molecular flexibility index (Phi) is 10.4. The average molecular weight is 466 g/mol. The minimum absolute atomic E-state index is 0.0775. The van der Waals surface area contributed by atoms with Gasteiger partial charge in [0.2, 0.25) is 5.91 Å². The third-order valence-electron chi connectivity index (χ3n) is 4.34. The summed E-state index contributed by atoms with van der Waals surface area (Å²) in [5, 5.41) is 17.5. The van der Waals surface area contributed by atoms with Crippen LogP contribution in [-0.4, -0.2) is 76.8 Å². The molecule has 2 rings (SSSR count). The monoisotopic (exact) mass is 465 g/mol. The molecule has 2 amide bonds. The van der Waals surface area contributed by atoms with Crippen molar-refractivity contribution in [2.24, 2.45) is 10.7 Å². The molecule has 1 fully saturated rings. The standard InChI is InChI=1S/C18H23N5O4S.C2H4O2/c1-10-14(17(26)21-9-8-13(24)27-3)28-18(23(10)2)22-16(25)12-6-4-11(5-7-12)15(19)20;1-2(3)4/h4-7,10,14H,8-9H2,1-3H3,(H3,19,20)(H,21,26);1H3,(H,3,4). The first-order valence-corrected chi connectivity index (χ1v) is 10.4. The largest absolute Gasteiger partial charge is 0.481 e. The van der Waals surface area contributed by atoms with E-state index in [9.17, 15) is 14.4 Å². The molecule has 0 spiro atoms. The summed E-state index contributed by atoms with van der Waals surface area (Å²) in [6.07, 6.45) is 0.0968. The number of carbonyl (C=O) groups is 4. The van der Waals surface area contributed by atoms with Crippen molar-refractivity contribution in [1.29, 1.82) is 5.41 Å². The molecular formula is C20H27N5O6S. The molecule has 2 unspecified atom stereocenters. The summed E-state index contributed by atoms with van der Waals surface area (Å²) in [6.45, 7) is 3.14. The number of amides is 2. The molecule has 0 saturated carbocycles. The van der Waals surface area contributed by atoms with Gasteiger partial charge in [-0.1, -0.05) is 23.9 Å². The minimum Gasteiger partial charge on any atom is -0.481 e. The van der Waals surface area contributed by atoms with Crippen LogP contribution in [0.2, 0.25) is 0 Å². The van der Waals surface area contributed by atoms with E-state index in [-0.39, 0.29) is 30.8 Å². The van der Waals surface area contributed by atoms with Gasteiger partial charge in [0.25, 0.3) is 11.9 Å². The van der Waals surface area contributed by atoms with Gasteiger partial charge in [-0.3, -0.25) is 24.6 Å². The number of nitrogens with zero attached hydrogens (tertiary/aromatic N) is 2. The van der Waals surface area contributed by atoms with Crippen molar-refractivity contribution < 1.29 is 29.0 Å². The Bertz CT molecular complexity index is 898. The van der Waals surface area contributed by atoms with E-state index in [1.54, 1.807) is 36.2 Å². The highest BCUT2D eigenvalue weighted by Crippen LogP contribution is 2.30. The molecule has 5 N–H and O–H groups in total. The van der Waals surface area contributed by atoms with Gasteiger partial charge in [-0.2, -0.15) is 4.99 Å². The van der Waals surface area contributed by atoms with Crippen LogP contribution >= 0.6 is 11.8 Å². The summed E-state index contributed by atoms with van der Waals surface area (Å²) >= 11 is 1.20. The zero-order valence-electron chi connectivity index (χ0n) is 18.2. The molecule has 0 bridgehead atoms. The van der Waals surface area contributed by atoms with Gasteiger partial charge in [0.05, 0.1) is 13.5 Å². The SMILES string of the molecule is CC(=O)O.COC(=O)CCNC(=O)C1SC(=NC(=O)c2ccc(C(=N)N)cc2)N(C)C1C. The maximum Gasteiger partial charge on any atom is 0.307 e. The molecular weight excluding hydrogens is 438 g/mol. The van der Waals surface area contributed by atoms with Gasteiger partial charge >= 0.3 is 5.97 Å². The van der Waals surface area contributed by atoms with Crippen molar-refractivity contribution in [2.75, 3.05) is 20.7 Å². The summed E-state index contributed by atoms with van der Waals surface area (Å²) in [7, 11) is 3.06. The van der Waals surface area contributed by atoms with E-state index in [2.05, 4.69) is 15.0 Å². The van der Waals surface area contributed by atoms with Crippen LogP contribution in [0.25, 0.3) is 0 Å². The van der Waals surface area contributed by atoms with Crippen molar-refractivity contribution in [3.05, 3.63) is 35.4 Å². The number of aliphatic imine (C=N–C) groups is 1. The first-order chi connectivity index (χ1) is 15.0. The molecule has 32 heavy (non-hydrogen) atoms. The number of hydrogen-bond donors (Lipinski definition) is 4. The smallest absolute Gasteiger partial charge is 0.307 e. The first kappa shape index (κ1) is 26.6. The molecule has 12 heteroatoms. The Hall–Kier alpha value is -3.41. The molecule has 2 atom stereocenters. The van der Waals surface area contributed by atoms with Crippen molar-refractivity contribution in [3.8, 4) is 0 Å². The summed E-state index contributed by atoms with van der Waals surface area (Å²) in [6, 6.07) is 6.12. The number of amidine groups is 2. The minimum atomic E-state index is -0.833. The number of carboxylic acids is 1. The lowest BCUT2D eigenvalue weighted by Gasteiger charge is -2.19. The van der Waals surface area contributed by atoms with Crippen molar-refractivity contribution in [3.63, 3.8) is 0 Å². The summed E-state index contributed by atoms with van der Waals surface area (Å²) in [5.41, 5.74) is 6.29. The molecule has 0 radical (unpaired) electrons. The number of esters is 1. The highest BCUT2D eigenvalue weighted by atomic mass is 32.2. The number of carbonyl (C=O) groups excluding carboxylic acids is 3. The predicted octanol–water partition coefficient (Wildman–Crippen LogP) is 0.673. The lowest BCUT2D eigenvalue weighted by Crippen LogP contribution is -2.41. The molecule has 1 heterocycles. The number of nitrogen functional groups attached to an aromatic ring is 1. The normalized spacial score (nSPS) is 18.4. The highest BCUT2D eigenvalue weighted by molar-refractivity contribution is 8.15. The second kappa shape index (κ2) is 12.4. The number of carboxylic acid groups (broad SMARTS) is 1. The Morgan fingerprint density at radius 3 is 2.28 bits per heavy atom. The Morgan fingerprint density at radius 1 is 1.25 bits per heavy atom. The van der Waals surface area contributed by atoms with Gasteiger partial charge in [-0.25, -0.2) is 0 Å². The number of aliphatic carboxylic acids is 1. The molecule has 0 aromatic heterocycles. The van der Waals surface area contributed by atoms with Gasteiger partial charge in [-0.15, -0.1) is 0 Å². The molecule has 11 nitrogen and oxygen atoms in total. The molecule has 174 valence electrons. The number of ether oxygens (including phenoxy) is 1. The fraction of sp³-hybridized carbons (Fsp3) is 0.400. The van der Waals surface area contributed by atoms with Crippen LogP contribution in [0.3, 0.4) is 0 Å². The lowest BCUT2D eigenvalue weighted by atomic mass is 10.1. The Labute approximate surface area is 189 Å². The topological polar surface area (TPSA) is 175 Å². The van der Waals surface area contributed by atoms with E-state index in [4.69, 9.17) is 21.0 Å². The highest BCUT2D eigenvalue weighted by Gasteiger charge is 2.39. The second-order valence-corrected chi connectivity index (χ2v) is 7.83. The number of nitrogens with two attached hydrogens (primary N) is 1. The first-order valence-electron chi connectivity index (χ1n) is 9.49. The molecule has 1 aliphatic heterocycles. The average Bonchev–Trinajstić information content (AvgIpc) is 3.01. The second-order valence-electron chi connectivity index (χ2n) is 6.72. The van der Waals surface area contributed by atoms with Gasteiger partial charge in [-0.05, 0) is 19.1 Å². The van der Waals surface area contributed by atoms with E-state index in [1.165, 1.54) is 18.9 Å². The molecule has 0 aliphatic carbocycles. The van der Waals surface area contributed by atoms with Crippen LogP contribution < -0.4 is 11.1 Å². The maximum absolute atomic E-state index is 12.4. The maximum atomic E-state index is 12.4. The zero-order chi connectivity index (χ0) is 24.4. The lowest BCUT2D eigenvalue weighted by molar-refractivity contribution is -0.140. The zero-order valence-corrected chi connectivity index (χ0v) is 19.1. The van der Waals surface area contributed by atoms with Crippen LogP contribution in [-0.2, 0) is 19.1 Å². The van der Waals surface area contributed by atoms with Gasteiger partial charge in [0, 0.05) is 37.7 Å². The van der Waals surface area contributed by atoms with Crippen LogP contribution in [0.15, 0.2) is 29.3 Å². The van der Waals surface area contributed by atoms with E-state index >= 15 is 0 Å². The van der Waals surface area contributed by atoms with E-state index in [0.29, 0.717) is 16.3 Å². The number of rotatable bonds is 6. The Balaban J connectivity index is 0.00000118. The predicted molar refractivity (Wildman–Crippen MR) is 121 cm³/mol. The number of benzene rings is 1. The summed E-state index contributed by atoms with van der Waals surface area (Å²) < 4.78 is 4.54. The van der Waals surface area contributed by atoms with Crippen LogP contribution in [0.5, 0.6) is 0 Å². The van der Waals surface area contributed by atoms with E-state index in [0.717, 1.165) is 6.92 Å². The summed E-state index contributed by atoms with van der Waals surface area (Å²) in [4.78, 5) is 50.9. The van der Waals surface area contributed by atoms with E-state index < -0.39 is 23.1 Å². The molecule has 1 aromatic rings. The van der Waals surface area contributed by atoms with Crippen LogP contribution in [0, 0.1) is 5.41 Å². The number of methoxy groups -OCH3 is 1. The van der Waals surface area contributed by atoms with Crippen molar-refractivity contribution >= 4 is 46.5 Å². The Morgan fingerprint density at radius 2 is 1.78 bits per heavy atom. The van der Waals surface area contributed by atoms with Gasteiger partial charge in [0.15, 0.2) is 5.17 Å². The van der Waals surface area contributed by atoms with E-state index in [1.807, 2.05) is 6.92 Å². The third kappa shape index (κ3) is 8.02. The molecule has 1 aliphatic rings. The fourth-order valence-corrected chi connectivity index (χ4v) is 3.75. The van der Waals surface area contributed by atoms with Gasteiger partial charge in [0.1, 0.15) is 11.1 Å². The van der Waals surface area contributed by atoms with Crippen molar-refractivity contribution in [1.82, 2.24) is 10.2 Å². The van der Waals surface area contributed by atoms with Crippen molar-refractivity contribution in [2.45, 2.75) is 31.6 Å². The number of thioether (sulfide) groups is 1. The third-order valence-corrected chi connectivity index (χ3v) is 5.79. The number of nitrogens with one attached hydrogen (secondary N) is 2. The summed E-state index contributed by atoms with van der Waals surface area (Å²) in [5.74, 6) is -1.97. The molecule has 1 saturated heterocycles. The molecule has 1 aromatic carbocycles. The van der Waals surface area contributed by atoms with Gasteiger partial charge < -0.3 is 25.8 Å². The van der Waals surface area contributed by atoms with Crippen LogP contribution in [0.4, 0.5) is 0 Å². The quantitative estimate of drug-likeness (QED) is 0.267. The fourth-order valence-electron chi connectivity index (χ4n) is 2.48. The number of hydrogen-bond acceptors (Lipinski definition) is 7.